The van der Waals surface area contributed by atoms with Crippen LogP contribution in [0, 0.1) is 5.92 Å². The van der Waals surface area contributed by atoms with E-state index >= 15 is 0 Å². The Hall–Kier alpha value is -1.42. The van der Waals surface area contributed by atoms with Gasteiger partial charge in [0, 0.05) is 12.4 Å². The molecule has 1 unspecified atom stereocenters. The van der Waals surface area contributed by atoms with Crippen LogP contribution < -0.4 is 11.1 Å². The first-order chi connectivity index (χ1) is 8.01. The number of hydrogen-bond acceptors (Lipinski definition) is 3. The molecule has 2 rings (SSSR count). The van der Waals surface area contributed by atoms with Crippen molar-refractivity contribution in [1.82, 2.24) is 10.3 Å². The first kappa shape index (κ1) is 12.0. The van der Waals surface area contributed by atoms with Gasteiger partial charge < -0.3 is 11.1 Å². The number of nitrogens with two attached hydrogens (primary N) is 1. The van der Waals surface area contributed by atoms with Crippen LogP contribution in [-0.2, 0) is 4.79 Å². The molecule has 1 heterocycles. The second kappa shape index (κ2) is 4.45. The molecular formula is C13H19N3O. The third kappa shape index (κ3) is 2.64. The summed E-state index contributed by atoms with van der Waals surface area (Å²) >= 11 is 0. The van der Waals surface area contributed by atoms with E-state index < -0.39 is 5.54 Å². The molecule has 17 heavy (non-hydrogen) atoms. The van der Waals surface area contributed by atoms with E-state index in [9.17, 15) is 4.79 Å². The summed E-state index contributed by atoms with van der Waals surface area (Å²) in [7, 11) is 0. The van der Waals surface area contributed by atoms with Crippen LogP contribution >= 0.6 is 0 Å². The molecule has 0 aliphatic heterocycles. The fourth-order valence-corrected chi connectivity index (χ4v) is 1.94. The number of nitrogens with zero attached hydrogens (tertiary/aromatic N) is 1. The maximum Gasteiger partial charge on any atom is 0.240 e. The standard InChI is InChI=1S/C13H19N3O/c1-9(10-4-3-7-15-8-10)16-12(17)13(2,14)11-5-6-11/h3-4,7-9,11H,5-6,14H2,1-2H3,(H,16,17)/t9-,13?/m1/s1. The Bertz CT molecular complexity index is 398. The second-order valence-corrected chi connectivity index (χ2v) is 5.04. The van der Waals surface area contributed by atoms with Gasteiger partial charge in [-0.2, -0.15) is 0 Å². The van der Waals surface area contributed by atoms with E-state index in [2.05, 4.69) is 10.3 Å². The van der Waals surface area contributed by atoms with Gasteiger partial charge >= 0.3 is 0 Å². The molecule has 3 N–H and O–H groups in total. The van der Waals surface area contributed by atoms with Crippen molar-refractivity contribution in [2.24, 2.45) is 11.7 Å². The van der Waals surface area contributed by atoms with Crippen LogP contribution in [0.5, 0.6) is 0 Å². The van der Waals surface area contributed by atoms with Crippen molar-refractivity contribution < 1.29 is 4.79 Å². The van der Waals surface area contributed by atoms with Crippen molar-refractivity contribution in [3.63, 3.8) is 0 Å². The topological polar surface area (TPSA) is 68.0 Å². The highest BCUT2D eigenvalue weighted by atomic mass is 16.2. The van der Waals surface area contributed by atoms with E-state index in [-0.39, 0.29) is 11.9 Å². The molecule has 0 saturated heterocycles. The van der Waals surface area contributed by atoms with E-state index in [1.807, 2.05) is 26.0 Å². The predicted molar refractivity (Wildman–Crippen MR) is 66.1 cm³/mol. The Morgan fingerprint density at radius 1 is 1.65 bits per heavy atom. The van der Waals surface area contributed by atoms with E-state index in [1.54, 1.807) is 12.4 Å². The number of carbonyl (C=O) groups is 1. The molecule has 92 valence electrons. The maximum atomic E-state index is 12.1. The molecule has 1 amide bonds. The van der Waals surface area contributed by atoms with Gasteiger partial charge in [-0.05, 0) is 44.2 Å². The summed E-state index contributed by atoms with van der Waals surface area (Å²) in [6, 6.07) is 3.75. The van der Waals surface area contributed by atoms with Crippen LogP contribution in [0.15, 0.2) is 24.5 Å². The Balaban J connectivity index is 1.99. The lowest BCUT2D eigenvalue weighted by atomic mass is 9.95. The van der Waals surface area contributed by atoms with Gasteiger partial charge in [-0.3, -0.25) is 9.78 Å². The molecule has 1 fully saturated rings. The van der Waals surface area contributed by atoms with Crippen molar-refractivity contribution >= 4 is 5.91 Å². The molecule has 1 aromatic heterocycles. The van der Waals surface area contributed by atoms with Crippen molar-refractivity contribution in [3.8, 4) is 0 Å². The van der Waals surface area contributed by atoms with Gasteiger partial charge in [-0.25, -0.2) is 0 Å². The Morgan fingerprint density at radius 2 is 2.35 bits per heavy atom. The first-order valence-electron chi connectivity index (χ1n) is 6.01. The number of amides is 1. The second-order valence-electron chi connectivity index (χ2n) is 5.04. The van der Waals surface area contributed by atoms with Gasteiger partial charge in [0.15, 0.2) is 0 Å². The number of hydrogen-bond donors (Lipinski definition) is 2. The fraction of sp³-hybridized carbons (Fsp3) is 0.538. The summed E-state index contributed by atoms with van der Waals surface area (Å²) < 4.78 is 0. The highest BCUT2D eigenvalue weighted by molar-refractivity contribution is 5.86. The van der Waals surface area contributed by atoms with Gasteiger partial charge in [0.05, 0.1) is 11.6 Å². The third-order valence-corrected chi connectivity index (χ3v) is 3.45. The lowest BCUT2D eigenvalue weighted by molar-refractivity contribution is -0.127. The minimum atomic E-state index is -0.740. The monoisotopic (exact) mass is 233 g/mol. The SMILES string of the molecule is C[C@@H](NC(=O)C(C)(N)C1CC1)c1cccnc1. The summed E-state index contributed by atoms with van der Waals surface area (Å²) in [5, 5.41) is 2.95. The van der Waals surface area contributed by atoms with Crippen LogP contribution in [0.4, 0.5) is 0 Å². The van der Waals surface area contributed by atoms with E-state index in [0.29, 0.717) is 5.92 Å². The average molecular weight is 233 g/mol. The van der Waals surface area contributed by atoms with E-state index in [1.165, 1.54) is 0 Å². The highest BCUT2D eigenvalue weighted by Crippen LogP contribution is 2.38. The molecule has 1 aliphatic rings. The quantitative estimate of drug-likeness (QED) is 0.825. The minimum Gasteiger partial charge on any atom is -0.348 e. The molecule has 1 aliphatic carbocycles. The van der Waals surface area contributed by atoms with Crippen LogP contribution in [0.3, 0.4) is 0 Å². The maximum absolute atomic E-state index is 12.1. The molecule has 0 bridgehead atoms. The first-order valence-corrected chi connectivity index (χ1v) is 6.01. The molecule has 1 saturated carbocycles. The van der Waals surface area contributed by atoms with Crippen molar-refractivity contribution in [3.05, 3.63) is 30.1 Å². The summed E-state index contributed by atoms with van der Waals surface area (Å²) in [5.74, 6) is 0.264. The molecule has 4 nitrogen and oxygen atoms in total. The van der Waals surface area contributed by atoms with Gasteiger partial charge in [0.1, 0.15) is 0 Å². The van der Waals surface area contributed by atoms with Gasteiger partial charge in [0.25, 0.3) is 0 Å². The predicted octanol–water partition coefficient (Wildman–Crippen LogP) is 1.39. The van der Waals surface area contributed by atoms with Crippen LogP contribution in [-0.4, -0.2) is 16.4 Å². The van der Waals surface area contributed by atoms with Crippen molar-refractivity contribution in [1.29, 1.82) is 0 Å². The average Bonchev–Trinajstić information content (AvgIpc) is 3.14. The number of aromatic nitrogens is 1. The van der Waals surface area contributed by atoms with E-state index in [0.717, 1.165) is 18.4 Å². The molecule has 0 aromatic carbocycles. The number of rotatable bonds is 4. The van der Waals surface area contributed by atoms with Crippen LogP contribution in [0.2, 0.25) is 0 Å². The summed E-state index contributed by atoms with van der Waals surface area (Å²) in [5.41, 5.74) is 6.32. The molecule has 0 radical (unpaired) electrons. The summed E-state index contributed by atoms with van der Waals surface area (Å²) in [6.45, 7) is 3.76. The number of carbonyl (C=O) groups excluding carboxylic acids is 1. The Labute approximate surface area is 102 Å². The van der Waals surface area contributed by atoms with Gasteiger partial charge in [-0.15, -0.1) is 0 Å². The highest BCUT2D eigenvalue weighted by Gasteiger charge is 2.44. The molecular weight excluding hydrogens is 214 g/mol. The largest absolute Gasteiger partial charge is 0.348 e. The van der Waals surface area contributed by atoms with Crippen molar-refractivity contribution in [2.75, 3.05) is 0 Å². The zero-order chi connectivity index (χ0) is 12.5. The van der Waals surface area contributed by atoms with Gasteiger partial charge in [0.2, 0.25) is 5.91 Å². The Morgan fingerprint density at radius 3 is 2.88 bits per heavy atom. The summed E-state index contributed by atoms with van der Waals surface area (Å²) in [6.07, 6.45) is 5.59. The van der Waals surface area contributed by atoms with E-state index in [4.69, 9.17) is 5.73 Å². The normalized spacial score (nSPS) is 20.4. The number of nitrogens with one attached hydrogen (secondary N) is 1. The molecule has 0 spiro atoms. The zero-order valence-corrected chi connectivity index (χ0v) is 10.3. The third-order valence-electron chi connectivity index (χ3n) is 3.45. The smallest absolute Gasteiger partial charge is 0.240 e. The number of pyridine rings is 1. The van der Waals surface area contributed by atoms with Crippen LogP contribution in [0.25, 0.3) is 0 Å². The molecule has 1 aromatic rings. The fourth-order valence-electron chi connectivity index (χ4n) is 1.94. The lowest BCUT2D eigenvalue weighted by Gasteiger charge is -2.25. The minimum absolute atomic E-state index is 0.0576. The molecule has 4 heteroatoms. The zero-order valence-electron chi connectivity index (χ0n) is 10.3. The van der Waals surface area contributed by atoms with Gasteiger partial charge in [-0.1, -0.05) is 6.07 Å². The van der Waals surface area contributed by atoms with Crippen LogP contribution in [0.1, 0.15) is 38.3 Å². The molecule has 2 atom stereocenters. The van der Waals surface area contributed by atoms with Crippen molar-refractivity contribution in [2.45, 2.75) is 38.3 Å². The Kier molecular flexibility index (Phi) is 3.15. The lowest BCUT2D eigenvalue weighted by Crippen LogP contribution is -2.53. The summed E-state index contributed by atoms with van der Waals surface area (Å²) in [4.78, 5) is 16.1.